The van der Waals surface area contributed by atoms with Crippen LogP contribution < -0.4 is 15.4 Å². The van der Waals surface area contributed by atoms with Gasteiger partial charge in [-0.15, -0.1) is 0 Å². The number of carbonyl (C=O) groups is 1. The molecule has 3 N–H and O–H groups in total. The van der Waals surface area contributed by atoms with Crippen molar-refractivity contribution >= 4 is 34.5 Å². The fraction of sp³-hybridized carbons (Fsp3) is 0.179. The van der Waals surface area contributed by atoms with Gasteiger partial charge in [0.05, 0.1) is 12.7 Å². The lowest BCUT2D eigenvalue weighted by Crippen LogP contribution is -2.28. The summed E-state index contributed by atoms with van der Waals surface area (Å²) in [7, 11) is 0. The molecule has 0 saturated carbocycles. The summed E-state index contributed by atoms with van der Waals surface area (Å²) in [5.41, 5.74) is 5.48. The number of halogens is 1. The summed E-state index contributed by atoms with van der Waals surface area (Å²) < 4.78 is 5.55. The number of hydrogen-bond acceptors (Lipinski definition) is 4. The van der Waals surface area contributed by atoms with Gasteiger partial charge in [0.1, 0.15) is 5.75 Å². The van der Waals surface area contributed by atoms with E-state index in [1.807, 2.05) is 79.7 Å². The predicted octanol–water partition coefficient (Wildman–Crippen LogP) is 5.69. The number of aliphatic hydroxyl groups excluding tert-OH is 1. The molecule has 1 amide bonds. The van der Waals surface area contributed by atoms with E-state index in [4.69, 9.17) is 16.3 Å². The Hall–Kier alpha value is -3.54. The van der Waals surface area contributed by atoms with Crippen molar-refractivity contribution in [3.63, 3.8) is 0 Å². The number of carbonyl (C=O) groups excluding carboxylic acids is 1. The maximum atomic E-state index is 12.7. The van der Waals surface area contributed by atoms with Gasteiger partial charge >= 0.3 is 0 Å². The largest absolute Gasteiger partial charge is 0.494 e. The first-order chi connectivity index (χ1) is 16.5. The van der Waals surface area contributed by atoms with Crippen LogP contribution in [0.15, 0.2) is 85.0 Å². The summed E-state index contributed by atoms with van der Waals surface area (Å²) in [4.78, 5) is 12.7. The summed E-state index contributed by atoms with van der Waals surface area (Å²) in [6, 6.07) is 21.1. The summed E-state index contributed by atoms with van der Waals surface area (Å²) in [6.45, 7) is 3.07. The molecule has 3 aromatic rings. The molecule has 5 nitrogen and oxygen atoms in total. The van der Waals surface area contributed by atoms with Crippen LogP contribution in [0.25, 0.3) is 5.57 Å². The normalized spacial score (nSPS) is 15.5. The molecule has 6 heteroatoms. The average molecular weight is 475 g/mol. The van der Waals surface area contributed by atoms with Gasteiger partial charge in [-0.25, -0.2) is 0 Å². The molecule has 0 fully saturated rings. The quantitative estimate of drug-likeness (QED) is 0.303. The number of fused-ring (bicyclic) bond motifs is 1. The number of amides is 1. The monoisotopic (exact) mass is 474 g/mol. The molecule has 4 rings (SSSR count). The van der Waals surface area contributed by atoms with E-state index < -0.39 is 6.10 Å². The highest BCUT2D eigenvalue weighted by atomic mass is 35.5. The highest BCUT2D eigenvalue weighted by molar-refractivity contribution is 6.30. The lowest BCUT2D eigenvalue weighted by Gasteiger charge is -2.24. The molecule has 0 bridgehead atoms. The van der Waals surface area contributed by atoms with Gasteiger partial charge in [-0.3, -0.25) is 4.79 Å². The molecule has 0 aromatic heterocycles. The van der Waals surface area contributed by atoms with Gasteiger partial charge in [-0.05, 0) is 60.0 Å². The molecule has 3 aromatic carbocycles. The molecular formula is C28H27ClN2O3. The zero-order chi connectivity index (χ0) is 23.9. The van der Waals surface area contributed by atoms with Crippen LogP contribution in [0.4, 0.5) is 11.4 Å². The van der Waals surface area contributed by atoms with Gasteiger partial charge < -0.3 is 20.5 Å². The van der Waals surface area contributed by atoms with Crippen LogP contribution >= 0.6 is 11.6 Å². The summed E-state index contributed by atoms with van der Waals surface area (Å²) >= 11 is 6.08. The van der Waals surface area contributed by atoms with Crippen molar-refractivity contribution in [1.82, 2.24) is 0 Å². The minimum atomic E-state index is -0.472. The van der Waals surface area contributed by atoms with Crippen molar-refractivity contribution in [3.05, 3.63) is 107 Å². The van der Waals surface area contributed by atoms with Crippen LogP contribution in [0.5, 0.6) is 5.75 Å². The zero-order valence-corrected chi connectivity index (χ0v) is 19.7. The third-order valence-corrected chi connectivity index (χ3v) is 5.80. The molecular weight excluding hydrogens is 448 g/mol. The number of benzene rings is 3. The Bertz CT molecular complexity index is 1200. The highest BCUT2D eigenvalue weighted by Gasteiger charge is 2.19. The standard InChI is InChI=1S/C28H27ClN2O3/c1-2-34-23-15-11-20(12-16-23)24(19-9-13-21(29)14-10-19)5-3-8-28(33)31-27-7-4-6-26-25(27)17-22(32)18-30-26/h3-16,22,30,32H,2,17-18H2,1H3,(H,31,33)/b8-3+,24-5-. The maximum absolute atomic E-state index is 12.7. The number of β-amino-alcohol motifs (C(OH)–C–C–N with tert-alkyl or cyclic N) is 1. The molecule has 174 valence electrons. The lowest BCUT2D eigenvalue weighted by atomic mass is 9.97. The Morgan fingerprint density at radius 3 is 2.53 bits per heavy atom. The third-order valence-electron chi connectivity index (χ3n) is 5.54. The van der Waals surface area contributed by atoms with E-state index in [1.165, 1.54) is 6.08 Å². The summed E-state index contributed by atoms with van der Waals surface area (Å²) in [5.74, 6) is 0.564. The second-order valence-electron chi connectivity index (χ2n) is 7.96. The van der Waals surface area contributed by atoms with Crippen molar-refractivity contribution in [2.75, 3.05) is 23.8 Å². The number of allylic oxidation sites excluding steroid dienone is 2. The second-order valence-corrected chi connectivity index (χ2v) is 8.40. The van der Waals surface area contributed by atoms with Crippen LogP contribution in [0.1, 0.15) is 23.6 Å². The highest BCUT2D eigenvalue weighted by Crippen LogP contribution is 2.29. The third kappa shape index (κ3) is 5.87. The zero-order valence-electron chi connectivity index (χ0n) is 18.9. The topological polar surface area (TPSA) is 70.6 Å². The van der Waals surface area contributed by atoms with E-state index in [9.17, 15) is 9.90 Å². The molecule has 0 radical (unpaired) electrons. The van der Waals surface area contributed by atoms with Crippen molar-refractivity contribution in [2.45, 2.75) is 19.4 Å². The molecule has 1 unspecified atom stereocenters. The van der Waals surface area contributed by atoms with E-state index in [-0.39, 0.29) is 5.91 Å². The van der Waals surface area contributed by atoms with Crippen LogP contribution in [-0.4, -0.2) is 30.3 Å². The Kier molecular flexibility index (Phi) is 7.68. The Morgan fingerprint density at radius 1 is 1.12 bits per heavy atom. The first kappa shape index (κ1) is 23.6. The van der Waals surface area contributed by atoms with Crippen LogP contribution in [-0.2, 0) is 11.2 Å². The fourth-order valence-electron chi connectivity index (χ4n) is 3.92. The van der Waals surface area contributed by atoms with E-state index in [2.05, 4.69) is 10.6 Å². The van der Waals surface area contributed by atoms with Gasteiger partial charge in [0.15, 0.2) is 0 Å². The van der Waals surface area contributed by atoms with Crippen LogP contribution in [0.2, 0.25) is 5.02 Å². The van der Waals surface area contributed by atoms with Crippen molar-refractivity contribution in [1.29, 1.82) is 0 Å². The number of hydrogen-bond donors (Lipinski definition) is 3. The van der Waals surface area contributed by atoms with E-state index in [0.29, 0.717) is 30.3 Å². The Labute approximate surface area is 204 Å². The second kappa shape index (κ2) is 11.1. The predicted molar refractivity (Wildman–Crippen MR) is 139 cm³/mol. The van der Waals surface area contributed by atoms with Crippen LogP contribution in [0.3, 0.4) is 0 Å². The average Bonchev–Trinajstić information content (AvgIpc) is 2.84. The SMILES string of the molecule is CCOc1ccc(/C(=C\C=C\C(=O)Nc2cccc3c2CC(O)CN3)c2ccc(Cl)cc2)cc1. The number of nitrogens with one attached hydrogen (secondary N) is 2. The molecule has 1 heterocycles. The first-order valence-corrected chi connectivity index (χ1v) is 11.6. The number of aliphatic hydroxyl groups is 1. The number of anilines is 2. The molecule has 1 aliphatic heterocycles. The van der Waals surface area contributed by atoms with E-state index >= 15 is 0 Å². The van der Waals surface area contributed by atoms with Gasteiger partial charge in [0.25, 0.3) is 0 Å². The molecule has 1 atom stereocenters. The molecule has 1 aliphatic rings. The summed E-state index contributed by atoms with van der Waals surface area (Å²) in [5, 5.41) is 16.8. The van der Waals surface area contributed by atoms with Crippen molar-refractivity contribution < 1.29 is 14.6 Å². The molecule has 0 saturated heterocycles. The van der Waals surface area contributed by atoms with Gasteiger partial charge in [-0.2, -0.15) is 0 Å². The summed E-state index contributed by atoms with van der Waals surface area (Å²) in [6.07, 6.45) is 5.17. The lowest BCUT2D eigenvalue weighted by molar-refractivity contribution is -0.111. The molecule has 34 heavy (non-hydrogen) atoms. The minimum absolute atomic E-state index is 0.244. The van der Waals surface area contributed by atoms with Gasteiger partial charge in [-0.1, -0.05) is 54.1 Å². The van der Waals surface area contributed by atoms with Crippen LogP contribution in [0, 0.1) is 0 Å². The fourth-order valence-corrected chi connectivity index (χ4v) is 4.04. The van der Waals surface area contributed by atoms with Gasteiger partial charge in [0.2, 0.25) is 5.91 Å². The molecule has 0 aliphatic carbocycles. The minimum Gasteiger partial charge on any atom is -0.494 e. The maximum Gasteiger partial charge on any atom is 0.248 e. The van der Waals surface area contributed by atoms with Crippen molar-refractivity contribution in [3.8, 4) is 5.75 Å². The smallest absolute Gasteiger partial charge is 0.248 e. The van der Waals surface area contributed by atoms with Gasteiger partial charge in [0, 0.05) is 41.0 Å². The van der Waals surface area contributed by atoms with E-state index in [1.54, 1.807) is 6.08 Å². The Morgan fingerprint density at radius 2 is 1.82 bits per heavy atom. The number of rotatable bonds is 7. The first-order valence-electron chi connectivity index (χ1n) is 11.3. The van der Waals surface area contributed by atoms with Crippen molar-refractivity contribution in [2.24, 2.45) is 0 Å². The van der Waals surface area contributed by atoms with E-state index in [0.717, 1.165) is 33.7 Å². The Balaban J connectivity index is 1.55. The number of ether oxygens (including phenoxy) is 1. The molecule has 0 spiro atoms.